The lowest BCUT2D eigenvalue weighted by atomic mass is 9.78. The molecule has 0 aliphatic heterocycles. The fourth-order valence-corrected chi connectivity index (χ4v) is 4.77. The number of Topliss-reactive ketones (excluding diaryl/α,β-unsaturated/α-hetero) is 1. The Bertz CT molecular complexity index is 998. The van der Waals surface area contributed by atoms with E-state index in [1.54, 1.807) is 14.2 Å². The fourth-order valence-electron chi connectivity index (χ4n) is 4.77. The van der Waals surface area contributed by atoms with Crippen LogP contribution < -0.4 is 9.47 Å². The van der Waals surface area contributed by atoms with E-state index in [-0.39, 0.29) is 42.3 Å². The summed E-state index contributed by atoms with van der Waals surface area (Å²) in [6.07, 6.45) is 1.98. The molecule has 0 aliphatic carbocycles. The Morgan fingerprint density at radius 3 is 2.38 bits per heavy atom. The molecule has 0 fully saturated rings. The molecule has 0 aliphatic rings. The number of carbonyl (C=O) groups excluding carboxylic acids is 1. The van der Waals surface area contributed by atoms with Crippen LogP contribution in [0.1, 0.15) is 79.2 Å². The number of rotatable bonds is 20. The number of nitrogens with zero attached hydrogens (tertiary/aromatic N) is 4. The number of hydrogen-bond donors (Lipinski definition) is 1. The topological polar surface area (TPSA) is 138 Å². The molecule has 0 bridgehead atoms. The quantitative estimate of drug-likeness (QED) is 0.0798. The Labute approximate surface area is 240 Å². The van der Waals surface area contributed by atoms with Gasteiger partial charge in [-0.3, -0.25) is 4.79 Å². The lowest BCUT2D eigenvalue weighted by Gasteiger charge is -2.30. The van der Waals surface area contributed by atoms with Gasteiger partial charge < -0.3 is 19.3 Å². The van der Waals surface area contributed by atoms with Crippen molar-refractivity contribution in [2.24, 2.45) is 34.2 Å². The molecule has 1 N–H and O–H groups in total. The van der Waals surface area contributed by atoms with Crippen LogP contribution in [-0.2, 0) is 16.0 Å². The van der Waals surface area contributed by atoms with E-state index in [2.05, 4.69) is 29.9 Å². The third kappa shape index (κ3) is 12.2. The zero-order valence-corrected chi connectivity index (χ0v) is 25.7. The Morgan fingerprint density at radius 1 is 1.12 bits per heavy atom. The maximum absolute atomic E-state index is 13.1. The lowest BCUT2D eigenvalue weighted by Crippen LogP contribution is -2.34. The summed E-state index contributed by atoms with van der Waals surface area (Å²) in [5.74, 6) is 1.38. The molecule has 1 aromatic rings. The van der Waals surface area contributed by atoms with Gasteiger partial charge in [0.05, 0.1) is 37.3 Å². The Balaban J connectivity index is 3.04. The van der Waals surface area contributed by atoms with Crippen molar-refractivity contribution in [1.29, 1.82) is 5.26 Å². The third-order valence-electron chi connectivity index (χ3n) is 7.62. The van der Waals surface area contributed by atoms with E-state index in [4.69, 9.17) is 14.2 Å². The van der Waals surface area contributed by atoms with Crippen LogP contribution in [0.2, 0.25) is 0 Å². The molecule has 0 saturated carbocycles. The van der Waals surface area contributed by atoms with E-state index in [9.17, 15) is 20.7 Å². The van der Waals surface area contributed by atoms with Gasteiger partial charge >= 0.3 is 0 Å². The monoisotopic (exact) mass is 558 g/mol. The number of benzene rings is 1. The van der Waals surface area contributed by atoms with Gasteiger partial charge in [0.15, 0.2) is 11.5 Å². The van der Waals surface area contributed by atoms with E-state index < -0.39 is 17.6 Å². The van der Waals surface area contributed by atoms with E-state index in [0.717, 1.165) is 12.0 Å². The van der Waals surface area contributed by atoms with Gasteiger partial charge in [0.2, 0.25) is 0 Å². The summed E-state index contributed by atoms with van der Waals surface area (Å²) in [6.45, 7) is 12.9. The average molecular weight is 559 g/mol. The number of carbonyl (C=O) groups is 1. The molecule has 1 aromatic carbocycles. The molecular weight excluding hydrogens is 508 g/mol. The molecule has 0 radical (unpaired) electrons. The van der Waals surface area contributed by atoms with E-state index >= 15 is 0 Å². The van der Waals surface area contributed by atoms with Crippen LogP contribution in [0.15, 0.2) is 23.3 Å². The number of aliphatic hydroxyl groups is 1. The van der Waals surface area contributed by atoms with Crippen LogP contribution in [0.5, 0.6) is 11.5 Å². The third-order valence-corrected chi connectivity index (χ3v) is 7.62. The molecule has 1 rings (SSSR count). The summed E-state index contributed by atoms with van der Waals surface area (Å²) in [6, 6.07) is 7.46. The molecule has 9 nitrogen and oxygen atoms in total. The van der Waals surface area contributed by atoms with Crippen LogP contribution in [-0.4, -0.2) is 50.5 Å². The van der Waals surface area contributed by atoms with Gasteiger partial charge in [-0.25, -0.2) is 0 Å². The minimum absolute atomic E-state index is 0.0153. The summed E-state index contributed by atoms with van der Waals surface area (Å²) in [4.78, 5) is 16.1. The highest BCUT2D eigenvalue weighted by Crippen LogP contribution is 2.33. The number of aliphatic hydroxyl groups excluding tert-OH is 1. The zero-order chi connectivity index (χ0) is 30.3. The summed E-state index contributed by atoms with van der Waals surface area (Å²) < 4.78 is 16.5. The van der Waals surface area contributed by atoms with Crippen molar-refractivity contribution < 1.29 is 24.1 Å². The predicted octanol–water partition coefficient (Wildman–Crippen LogP) is 6.92. The molecule has 9 heteroatoms. The maximum Gasteiger partial charge on any atom is 0.161 e. The molecule has 0 aromatic heterocycles. The number of hydrogen-bond acceptors (Lipinski definition) is 7. The average Bonchev–Trinajstić information content (AvgIpc) is 2.91. The normalized spacial score (nSPS) is 14.7. The molecular formula is C31H50N4O5. The number of ketones is 1. The van der Waals surface area contributed by atoms with Gasteiger partial charge in [-0.1, -0.05) is 38.9 Å². The number of nitriles is 1. The van der Waals surface area contributed by atoms with Crippen LogP contribution in [0, 0.1) is 40.4 Å². The highest BCUT2D eigenvalue weighted by Gasteiger charge is 2.31. The van der Waals surface area contributed by atoms with Crippen molar-refractivity contribution >= 4 is 5.78 Å². The van der Waals surface area contributed by atoms with Crippen molar-refractivity contribution in [2.45, 2.75) is 92.2 Å². The molecule has 4 atom stereocenters. The molecule has 0 amide bonds. The maximum atomic E-state index is 13.1. The predicted molar refractivity (Wildman–Crippen MR) is 157 cm³/mol. The minimum Gasteiger partial charge on any atom is -0.493 e. The molecule has 40 heavy (non-hydrogen) atoms. The molecule has 0 unspecified atom stereocenters. The van der Waals surface area contributed by atoms with E-state index in [1.807, 2.05) is 45.9 Å². The van der Waals surface area contributed by atoms with Crippen molar-refractivity contribution in [2.75, 3.05) is 27.4 Å². The largest absolute Gasteiger partial charge is 0.493 e. The number of azide groups is 1. The van der Waals surface area contributed by atoms with E-state index in [0.29, 0.717) is 44.0 Å². The van der Waals surface area contributed by atoms with Crippen LogP contribution in [0.25, 0.3) is 10.4 Å². The molecule has 0 heterocycles. The minimum atomic E-state index is -0.951. The van der Waals surface area contributed by atoms with Crippen molar-refractivity contribution in [3.05, 3.63) is 34.2 Å². The van der Waals surface area contributed by atoms with Crippen molar-refractivity contribution in [1.82, 2.24) is 0 Å². The molecule has 0 spiro atoms. The zero-order valence-electron chi connectivity index (χ0n) is 25.7. The second kappa shape index (κ2) is 17.8. The SMILES string of the molecule is COCCCOc1cc(C[C@@H](C[C@H](N=[N+]=[N-])[C@@H](O)C[C@H](C(=O)CCC(C)(C)C#N)C(C)C)C(C)C)ccc1OC. The van der Waals surface area contributed by atoms with Crippen molar-refractivity contribution in [3.63, 3.8) is 0 Å². The first-order valence-corrected chi connectivity index (χ1v) is 14.3. The van der Waals surface area contributed by atoms with Crippen LogP contribution in [0.3, 0.4) is 0 Å². The summed E-state index contributed by atoms with van der Waals surface area (Å²) in [7, 11) is 3.27. The summed E-state index contributed by atoms with van der Waals surface area (Å²) in [5.41, 5.74) is 9.79. The summed E-state index contributed by atoms with van der Waals surface area (Å²) in [5, 5.41) is 24.5. The Hall–Kier alpha value is -2.79. The van der Waals surface area contributed by atoms with Gasteiger partial charge in [0.25, 0.3) is 0 Å². The smallest absolute Gasteiger partial charge is 0.161 e. The second-order valence-corrected chi connectivity index (χ2v) is 12.0. The molecule has 224 valence electrons. The standard InChI is InChI=1S/C31H50N4O5/c1-21(2)24(16-23-10-11-29(39-8)30(17-23)40-15-9-14-38-7)18-26(34-35-33)28(37)19-25(22(3)4)27(36)12-13-31(5,6)20-32/h10-11,17,21-22,24-26,28,37H,9,12-16,18-19H2,1-8H3/t24-,25-,26-,28-/m0/s1. The van der Waals surface area contributed by atoms with Gasteiger partial charge in [0, 0.05) is 37.4 Å². The van der Waals surface area contributed by atoms with E-state index in [1.165, 1.54) is 0 Å². The first kappa shape index (κ1) is 35.2. The van der Waals surface area contributed by atoms with Gasteiger partial charge in [-0.2, -0.15) is 5.26 Å². The van der Waals surface area contributed by atoms with Crippen LogP contribution >= 0.6 is 0 Å². The number of methoxy groups -OCH3 is 2. The fraction of sp³-hybridized carbons (Fsp3) is 0.742. The summed E-state index contributed by atoms with van der Waals surface area (Å²) >= 11 is 0. The Morgan fingerprint density at radius 2 is 1.82 bits per heavy atom. The van der Waals surface area contributed by atoms with Crippen molar-refractivity contribution in [3.8, 4) is 17.6 Å². The highest BCUT2D eigenvalue weighted by molar-refractivity contribution is 5.81. The number of ether oxygens (including phenoxy) is 3. The lowest BCUT2D eigenvalue weighted by molar-refractivity contribution is -0.125. The first-order chi connectivity index (χ1) is 18.9. The van der Waals surface area contributed by atoms with Gasteiger partial charge in [-0.15, -0.1) is 0 Å². The second-order valence-electron chi connectivity index (χ2n) is 12.0. The van der Waals surface area contributed by atoms with Crippen LogP contribution in [0.4, 0.5) is 0 Å². The first-order valence-electron chi connectivity index (χ1n) is 14.3. The van der Waals surface area contributed by atoms with Gasteiger partial charge in [-0.05, 0) is 80.5 Å². The molecule has 0 saturated heterocycles. The Kier molecular flexibility index (Phi) is 15.7. The van der Waals surface area contributed by atoms with Gasteiger partial charge in [0.1, 0.15) is 5.78 Å². The highest BCUT2D eigenvalue weighted by atomic mass is 16.5.